The molecule has 0 radical (unpaired) electrons. The maximum absolute atomic E-state index is 4.39. The van der Waals surface area contributed by atoms with Crippen LogP contribution in [0.2, 0.25) is 0 Å². The maximum Gasteiger partial charge on any atom is -0.0198 e. The smallest absolute Gasteiger partial charge is 0.0198 e. The zero-order valence-electron chi connectivity index (χ0n) is 22.9. The SMILES string of the molecule is C=C(CC[C@@H](C)[C@H]1CC[C@@]2(C)C3CCC4C(C)(C)[C@@H](C)CC[C@@]45C[C@@]35CC[C@]12C)C(C)C. The monoisotopic (exact) mass is 438 g/mol. The Balaban J connectivity index is 1.39. The minimum absolute atomic E-state index is 0.555. The summed E-state index contributed by atoms with van der Waals surface area (Å²) >= 11 is 0. The molecule has 0 amide bonds. The summed E-state index contributed by atoms with van der Waals surface area (Å²) in [6.45, 7) is 25.0. The first-order valence-electron chi connectivity index (χ1n) is 14.5. The van der Waals surface area contributed by atoms with Gasteiger partial charge in [0.1, 0.15) is 0 Å². The molecule has 0 N–H and O–H groups in total. The maximum atomic E-state index is 4.39. The number of allylic oxidation sites excluding steroid dienone is 1. The van der Waals surface area contributed by atoms with Crippen LogP contribution in [0.5, 0.6) is 0 Å². The summed E-state index contributed by atoms with van der Waals surface area (Å²) in [6, 6.07) is 0. The second kappa shape index (κ2) is 7.13. The molecule has 32 heavy (non-hydrogen) atoms. The van der Waals surface area contributed by atoms with Gasteiger partial charge < -0.3 is 0 Å². The zero-order chi connectivity index (χ0) is 23.3. The third kappa shape index (κ3) is 2.74. The summed E-state index contributed by atoms with van der Waals surface area (Å²) in [5, 5.41) is 0. The molecule has 2 unspecified atom stereocenters. The molecule has 0 bridgehead atoms. The van der Waals surface area contributed by atoms with E-state index >= 15 is 0 Å². The molecular weight excluding hydrogens is 384 g/mol. The second-order valence-corrected chi connectivity index (χ2v) is 15.2. The fraction of sp³-hybridized carbons (Fsp3) is 0.938. The first-order valence-corrected chi connectivity index (χ1v) is 14.5. The normalized spacial score (nSPS) is 51.9. The van der Waals surface area contributed by atoms with E-state index in [9.17, 15) is 0 Å². The molecule has 5 aliphatic rings. The Morgan fingerprint density at radius 1 is 0.812 bits per heavy atom. The molecule has 5 saturated carbocycles. The van der Waals surface area contributed by atoms with E-state index in [4.69, 9.17) is 0 Å². The van der Waals surface area contributed by atoms with Crippen LogP contribution in [0.15, 0.2) is 12.2 Å². The van der Waals surface area contributed by atoms with Crippen molar-refractivity contribution < 1.29 is 0 Å². The average molecular weight is 439 g/mol. The van der Waals surface area contributed by atoms with E-state index in [1.807, 2.05) is 0 Å². The Morgan fingerprint density at radius 3 is 2.16 bits per heavy atom. The van der Waals surface area contributed by atoms with Crippen molar-refractivity contribution in [3.8, 4) is 0 Å². The van der Waals surface area contributed by atoms with Crippen LogP contribution in [0, 0.1) is 62.6 Å². The van der Waals surface area contributed by atoms with Gasteiger partial charge in [0.25, 0.3) is 0 Å². The van der Waals surface area contributed by atoms with Gasteiger partial charge in [0.15, 0.2) is 0 Å². The van der Waals surface area contributed by atoms with Crippen molar-refractivity contribution in [2.75, 3.05) is 0 Å². The van der Waals surface area contributed by atoms with Gasteiger partial charge in [0.2, 0.25) is 0 Å². The highest BCUT2D eigenvalue weighted by Crippen LogP contribution is 2.89. The molecule has 5 rings (SSSR count). The van der Waals surface area contributed by atoms with E-state index in [0.717, 1.165) is 40.4 Å². The topological polar surface area (TPSA) is 0 Å². The fourth-order valence-electron chi connectivity index (χ4n) is 11.4. The molecule has 0 heteroatoms. The van der Waals surface area contributed by atoms with Gasteiger partial charge in [0.05, 0.1) is 0 Å². The Bertz CT molecular complexity index is 773. The van der Waals surface area contributed by atoms with Crippen LogP contribution in [-0.4, -0.2) is 0 Å². The molecule has 0 heterocycles. The standard InChI is InChI=1S/C32H54/c1-21(2)22(3)10-11-23(4)25-15-16-30(9)27-13-12-26-28(6,7)24(5)14-17-31(26)20-32(27,31)19-18-29(25,30)8/h21,23-27H,3,10-20H2,1-2,4-9H3/t23-,24+,25-,26?,27?,29-,30+,31-,32+/m1/s1. The van der Waals surface area contributed by atoms with Crippen molar-refractivity contribution in [2.45, 2.75) is 126 Å². The lowest BCUT2D eigenvalue weighted by Crippen LogP contribution is -2.56. The first-order chi connectivity index (χ1) is 14.9. The van der Waals surface area contributed by atoms with E-state index in [2.05, 4.69) is 62.0 Å². The van der Waals surface area contributed by atoms with Crippen LogP contribution in [0.4, 0.5) is 0 Å². The molecule has 0 aromatic carbocycles. The van der Waals surface area contributed by atoms with E-state index in [1.165, 1.54) is 50.5 Å². The summed E-state index contributed by atoms with van der Waals surface area (Å²) in [4.78, 5) is 0. The molecule has 182 valence electrons. The van der Waals surface area contributed by atoms with Crippen molar-refractivity contribution in [3.05, 3.63) is 12.2 Å². The van der Waals surface area contributed by atoms with Gasteiger partial charge in [-0.25, -0.2) is 0 Å². The Kier molecular flexibility index (Phi) is 5.23. The van der Waals surface area contributed by atoms with Crippen molar-refractivity contribution in [1.82, 2.24) is 0 Å². The van der Waals surface area contributed by atoms with Crippen molar-refractivity contribution in [1.29, 1.82) is 0 Å². The second-order valence-electron chi connectivity index (χ2n) is 15.2. The van der Waals surface area contributed by atoms with Gasteiger partial charge in [-0.05, 0) is 133 Å². The summed E-state index contributed by atoms with van der Waals surface area (Å²) in [5.74, 6) is 5.35. The van der Waals surface area contributed by atoms with Gasteiger partial charge >= 0.3 is 0 Å². The van der Waals surface area contributed by atoms with Gasteiger partial charge in [-0.2, -0.15) is 0 Å². The molecule has 0 nitrogen and oxygen atoms in total. The van der Waals surface area contributed by atoms with Crippen molar-refractivity contribution in [3.63, 3.8) is 0 Å². The minimum Gasteiger partial charge on any atom is -0.0996 e. The molecule has 9 atom stereocenters. The Morgan fingerprint density at radius 2 is 1.47 bits per heavy atom. The van der Waals surface area contributed by atoms with Gasteiger partial charge in [-0.3, -0.25) is 0 Å². The molecule has 0 aliphatic heterocycles. The Hall–Kier alpha value is -0.260. The van der Waals surface area contributed by atoms with Crippen LogP contribution in [-0.2, 0) is 0 Å². The number of hydrogen-bond acceptors (Lipinski definition) is 0. The van der Waals surface area contributed by atoms with E-state index in [-0.39, 0.29) is 0 Å². The molecule has 0 aromatic heterocycles. The lowest BCUT2D eigenvalue weighted by atomic mass is 9.41. The molecular formula is C32H54. The van der Waals surface area contributed by atoms with E-state index in [1.54, 1.807) is 25.7 Å². The highest BCUT2D eigenvalue weighted by molar-refractivity contribution is 5.30. The molecule has 5 fully saturated rings. The fourth-order valence-corrected chi connectivity index (χ4v) is 11.4. The van der Waals surface area contributed by atoms with Crippen LogP contribution in [0.1, 0.15) is 126 Å². The predicted molar refractivity (Wildman–Crippen MR) is 138 cm³/mol. The van der Waals surface area contributed by atoms with Crippen LogP contribution in [0.3, 0.4) is 0 Å². The third-order valence-corrected chi connectivity index (χ3v) is 14.1. The largest absolute Gasteiger partial charge is 0.0996 e. The summed E-state index contributed by atoms with van der Waals surface area (Å²) < 4.78 is 0. The predicted octanol–water partition coefficient (Wildman–Crippen LogP) is 9.69. The molecule has 5 aliphatic carbocycles. The van der Waals surface area contributed by atoms with Crippen LogP contribution < -0.4 is 0 Å². The summed E-state index contributed by atoms with van der Waals surface area (Å²) in [5.41, 5.74) is 4.63. The van der Waals surface area contributed by atoms with Crippen LogP contribution in [0.25, 0.3) is 0 Å². The Labute approximate surface area is 200 Å². The van der Waals surface area contributed by atoms with E-state index in [0.29, 0.717) is 22.2 Å². The van der Waals surface area contributed by atoms with Gasteiger partial charge in [-0.1, -0.05) is 67.5 Å². The molecule has 2 spiro atoms. The molecule has 0 saturated heterocycles. The lowest BCUT2D eigenvalue weighted by Gasteiger charge is -2.63. The van der Waals surface area contributed by atoms with Crippen molar-refractivity contribution in [2.24, 2.45) is 62.6 Å². The first kappa shape index (κ1) is 23.5. The third-order valence-electron chi connectivity index (χ3n) is 14.1. The van der Waals surface area contributed by atoms with Gasteiger partial charge in [0, 0.05) is 0 Å². The number of rotatable bonds is 5. The van der Waals surface area contributed by atoms with Gasteiger partial charge in [-0.15, -0.1) is 0 Å². The summed E-state index contributed by atoms with van der Waals surface area (Å²) in [7, 11) is 0. The number of hydrogen-bond donors (Lipinski definition) is 0. The zero-order valence-corrected chi connectivity index (χ0v) is 22.9. The average Bonchev–Trinajstić information content (AvgIpc) is 3.31. The minimum atomic E-state index is 0.555. The highest BCUT2D eigenvalue weighted by Gasteiger charge is 2.81. The summed E-state index contributed by atoms with van der Waals surface area (Å²) in [6.07, 6.45) is 16.4. The van der Waals surface area contributed by atoms with E-state index < -0.39 is 0 Å². The lowest BCUT2D eigenvalue weighted by molar-refractivity contribution is -0.149. The number of fused-ring (bicyclic) bond motifs is 2. The van der Waals surface area contributed by atoms with Crippen molar-refractivity contribution >= 4 is 0 Å². The highest BCUT2D eigenvalue weighted by atomic mass is 14.9. The van der Waals surface area contributed by atoms with Crippen LogP contribution >= 0.6 is 0 Å². The molecule has 0 aromatic rings. The quantitative estimate of drug-likeness (QED) is 0.375.